The van der Waals surface area contributed by atoms with Crippen LogP contribution in [0.2, 0.25) is 0 Å². The Bertz CT molecular complexity index is 1070. The van der Waals surface area contributed by atoms with E-state index in [0.29, 0.717) is 17.9 Å². The van der Waals surface area contributed by atoms with E-state index in [2.05, 4.69) is 0 Å². The van der Waals surface area contributed by atoms with Gasteiger partial charge in [-0.3, -0.25) is 0 Å². The first kappa shape index (κ1) is 17.9. The summed E-state index contributed by atoms with van der Waals surface area (Å²) in [4.78, 5) is 0. The third kappa shape index (κ3) is 4.09. The van der Waals surface area contributed by atoms with Gasteiger partial charge < -0.3 is 4.74 Å². The van der Waals surface area contributed by atoms with Gasteiger partial charge in [-0.25, -0.2) is 8.78 Å². The van der Waals surface area contributed by atoms with Gasteiger partial charge in [0.15, 0.2) is 0 Å². The van der Waals surface area contributed by atoms with E-state index >= 15 is 0 Å². The Morgan fingerprint density at radius 2 is 1.36 bits per heavy atom. The van der Waals surface area contributed by atoms with Crippen molar-refractivity contribution in [3.05, 3.63) is 114 Å². The summed E-state index contributed by atoms with van der Waals surface area (Å²) < 4.78 is 33.7. The van der Waals surface area contributed by atoms with Gasteiger partial charge in [-0.1, -0.05) is 66.7 Å². The fourth-order valence-electron chi connectivity index (χ4n) is 3.07. The molecule has 0 fully saturated rings. The number of hydrogen-bond acceptors (Lipinski definition) is 1. The highest BCUT2D eigenvalue weighted by atomic mass is 19.1. The van der Waals surface area contributed by atoms with Crippen LogP contribution >= 0.6 is 0 Å². The highest BCUT2D eigenvalue weighted by Crippen LogP contribution is 2.29. The molecule has 4 rings (SSSR count). The van der Waals surface area contributed by atoms with Crippen molar-refractivity contribution in [2.45, 2.75) is 6.61 Å². The van der Waals surface area contributed by atoms with Crippen molar-refractivity contribution in [2.75, 3.05) is 0 Å². The Balaban J connectivity index is 1.51. The lowest BCUT2D eigenvalue weighted by Crippen LogP contribution is -1.96. The Kier molecular flexibility index (Phi) is 5.16. The molecule has 28 heavy (non-hydrogen) atoms. The van der Waals surface area contributed by atoms with E-state index in [1.807, 2.05) is 60.7 Å². The summed E-state index contributed by atoms with van der Waals surface area (Å²) in [5, 5.41) is 0. The van der Waals surface area contributed by atoms with Crippen molar-refractivity contribution >= 4 is 0 Å². The Morgan fingerprint density at radius 1 is 0.607 bits per heavy atom. The van der Waals surface area contributed by atoms with Crippen LogP contribution in [0.1, 0.15) is 5.56 Å². The average molecular weight is 372 g/mol. The minimum absolute atomic E-state index is 0.279. The minimum Gasteiger partial charge on any atom is -0.489 e. The molecule has 0 amide bonds. The molecule has 0 saturated carbocycles. The van der Waals surface area contributed by atoms with Gasteiger partial charge in [0.25, 0.3) is 0 Å². The molecule has 0 aromatic heterocycles. The number of ether oxygens (including phenoxy) is 1. The molecule has 0 aliphatic rings. The van der Waals surface area contributed by atoms with Crippen LogP contribution in [0.3, 0.4) is 0 Å². The van der Waals surface area contributed by atoms with Crippen molar-refractivity contribution in [3.63, 3.8) is 0 Å². The van der Waals surface area contributed by atoms with Crippen molar-refractivity contribution in [1.29, 1.82) is 0 Å². The number of halogens is 2. The van der Waals surface area contributed by atoms with Gasteiger partial charge >= 0.3 is 0 Å². The van der Waals surface area contributed by atoms with Crippen molar-refractivity contribution < 1.29 is 13.5 Å². The van der Waals surface area contributed by atoms with Gasteiger partial charge in [-0.15, -0.1) is 0 Å². The molecule has 0 radical (unpaired) electrons. The molecule has 0 bridgehead atoms. The molecular weight excluding hydrogens is 354 g/mol. The molecule has 0 atom stereocenters. The second kappa shape index (κ2) is 8.05. The van der Waals surface area contributed by atoms with E-state index in [1.165, 1.54) is 18.2 Å². The third-order valence-corrected chi connectivity index (χ3v) is 4.54. The summed E-state index contributed by atoms with van der Waals surface area (Å²) in [6, 6.07) is 28.4. The average Bonchev–Trinajstić information content (AvgIpc) is 2.73. The molecule has 0 saturated heterocycles. The monoisotopic (exact) mass is 372 g/mol. The van der Waals surface area contributed by atoms with E-state index in [1.54, 1.807) is 18.2 Å². The maximum absolute atomic E-state index is 14.6. The second-order valence-electron chi connectivity index (χ2n) is 6.50. The van der Waals surface area contributed by atoms with Crippen molar-refractivity contribution in [2.24, 2.45) is 0 Å². The number of rotatable bonds is 5. The lowest BCUT2D eigenvalue weighted by atomic mass is 10.00. The Morgan fingerprint density at radius 3 is 2.07 bits per heavy atom. The fraction of sp³-hybridized carbons (Fsp3) is 0.0400. The van der Waals surface area contributed by atoms with Gasteiger partial charge in [0, 0.05) is 11.6 Å². The Labute approximate surface area is 162 Å². The van der Waals surface area contributed by atoms with Crippen LogP contribution in [-0.4, -0.2) is 0 Å². The summed E-state index contributed by atoms with van der Waals surface area (Å²) in [5.74, 6) is -0.135. The molecule has 4 aromatic rings. The minimum atomic E-state index is -0.343. The normalized spacial score (nSPS) is 10.6. The maximum Gasteiger partial charge on any atom is 0.134 e. The first-order valence-electron chi connectivity index (χ1n) is 9.02. The standard InChI is InChI=1S/C25H18F2O/c26-22-8-4-7-21(15-22)19-9-11-20(12-10-19)24-14-13-23(16-25(24)27)28-17-18-5-2-1-3-6-18/h1-16H,17H2. The Hall–Kier alpha value is -3.46. The summed E-state index contributed by atoms with van der Waals surface area (Å²) in [5.41, 5.74) is 3.95. The highest BCUT2D eigenvalue weighted by Gasteiger charge is 2.08. The zero-order valence-electron chi connectivity index (χ0n) is 15.1. The summed E-state index contributed by atoms with van der Waals surface area (Å²) in [6.45, 7) is 0.391. The molecule has 1 nitrogen and oxygen atoms in total. The van der Waals surface area contributed by atoms with Crippen LogP contribution in [0.5, 0.6) is 5.75 Å². The van der Waals surface area contributed by atoms with E-state index in [-0.39, 0.29) is 11.6 Å². The van der Waals surface area contributed by atoms with Gasteiger partial charge in [-0.2, -0.15) is 0 Å². The van der Waals surface area contributed by atoms with Gasteiger partial charge in [0.1, 0.15) is 24.0 Å². The maximum atomic E-state index is 14.6. The highest BCUT2D eigenvalue weighted by molar-refractivity contribution is 5.71. The third-order valence-electron chi connectivity index (χ3n) is 4.54. The van der Waals surface area contributed by atoms with Crippen LogP contribution in [0.15, 0.2) is 97.1 Å². The molecular formula is C25H18F2O. The molecule has 4 aromatic carbocycles. The first-order valence-corrected chi connectivity index (χ1v) is 9.02. The van der Waals surface area contributed by atoms with Crippen LogP contribution in [-0.2, 0) is 6.61 Å². The molecule has 0 aliphatic heterocycles. The molecule has 0 unspecified atom stereocenters. The predicted octanol–water partition coefficient (Wildman–Crippen LogP) is 6.88. The second-order valence-corrected chi connectivity index (χ2v) is 6.50. The lowest BCUT2D eigenvalue weighted by Gasteiger charge is -2.10. The van der Waals surface area contributed by atoms with Gasteiger partial charge in [-0.05, 0) is 46.5 Å². The van der Waals surface area contributed by atoms with Crippen LogP contribution in [0.25, 0.3) is 22.3 Å². The molecule has 3 heteroatoms. The molecule has 138 valence electrons. The topological polar surface area (TPSA) is 9.23 Å². The quantitative estimate of drug-likeness (QED) is 0.371. The number of hydrogen-bond donors (Lipinski definition) is 0. The van der Waals surface area contributed by atoms with Crippen LogP contribution < -0.4 is 4.74 Å². The van der Waals surface area contributed by atoms with E-state index in [0.717, 1.165) is 22.3 Å². The molecule has 0 aliphatic carbocycles. The zero-order chi connectivity index (χ0) is 19.3. The van der Waals surface area contributed by atoms with Crippen LogP contribution in [0, 0.1) is 11.6 Å². The smallest absolute Gasteiger partial charge is 0.134 e. The van der Waals surface area contributed by atoms with E-state index < -0.39 is 0 Å². The van der Waals surface area contributed by atoms with Crippen LogP contribution in [0.4, 0.5) is 8.78 Å². The first-order chi connectivity index (χ1) is 13.7. The lowest BCUT2D eigenvalue weighted by molar-refractivity contribution is 0.304. The van der Waals surface area contributed by atoms with E-state index in [4.69, 9.17) is 4.74 Å². The van der Waals surface area contributed by atoms with Crippen molar-refractivity contribution in [1.82, 2.24) is 0 Å². The van der Waals surface area contributed by atoms with Gasteiger partial charge in [0.2, 0.25) is 0 Å². The summed E-state index contributed by atoms with van der Waals surface area (Å²) in [7, 11) is 0. The predicted molar refractivity (Wildman–Crippen MR) is 108 cm³/mol. The summed E-state index contributed by atoms with van der Waals surface area (Å²) in [6.07, 6.45) is 0. The molecule has 0 N–H and O–H groups in total. The molecule has 0 spiro atoms. The SMILES string of the molecule is Fc1cccc(-c2ccc(-c3ccc(OCc4ccccc4)cc3F)cc2)c1. The largest absolute Gasteiger partial charge is 0.489 e. The summed E-state index contributed by atoms with van der Waals surface area (Å²) >= 11 is 0. The van der Waals surface area contributed by atoms with Gasteiger partial charge in [0.05, 0.1) is 0 Å². The number of benzene rings is 4. The fourth-order valence-corrected chi connectivity index (χ4v) is 3.07. The van der Waals surface area contributed by atoms with Crippen molar-refractivity contribution in [3.8, 4) is 28.0 Å². The zero-order valence-corrected chi connectivity index (χ0v) is 15.1. The van der Waals surface area contributed by atoms with E-state index in [9.17, 15) is 8.78 Å². The molecule has 0 heterocycles.